The largest absolute Gasteiger partial charge is 0.336 e. The maximum atomic E-state index is 12.8. The van der Waals surface area contributed by atoms with E-state index in [2.05, 4.69) is 29.2 Å². The second-order valence-corrected chi connectivity index (χ2v) is 6.02. The van der Waals surface area contributed by atoms with E-state index < -0.39 is 0 Å². The minimum absolute atomic E-state index is 0.0999. The first-order chi connectivity index (χ1) is 10.5. The zero-order valence-electron chi connectivity index (χ0n) is 13.2. The maximum absolute atomic E-state index is 12.8. The quantitative estimate of drug-likeness (QED) is 0.910. The van der Waals surface area contributed by atoms with Crippen LogP contribution in [0, 0.1) is 6.92 Å². The lowest BCUT2D eigenvalue weighted by molar-refractivity contribution is 0.0673. The van der Waals surface area contributed by atoms with E-state index in [1.807, 2.05) is 30.0 Å². The molecule has 1 aliphatic rings. The van der Waals surface area contributed by atoms with Crippen LogP contribution in [-0.4, -0.2) is 50.7 Å². The van der Waals surface area contributed by atoms with Gasteiger partial charge in [0.05, 0.1) is 5.69 Å². The standard InChI is InChI=1S/C16H21N5O/c1-11-6-14(21-10-17-9-18-21)4-5-15(11)16(22)20-7-12(2)19-13(3)8-20/h4-6,9-10,12-13,19H,7-8H2,1-3H3. The van der Waals surface area contributed by atoms with Crippen molar-refractivity contribution in [3.05, 3.63) is 42.0 Å². The van der Waals surface area contributed by atoms with Gasteiger partial charge in [-0.05, 0) is 44.5 Å². The molecule has 22 heavy (non-hydrogen) atoms. The first kappa shape index (κ1) is 14.7. The molecule has 0 saturated carbocycles. The summed E-state index contributed by atoms with van der Waals surface area (Å²) in [5, 5.41) is 7.56. The van der Waals surface area contributed by atoms with E-state index in [0.29, 0.717) is 12.1 Å². The summed E-state index contributed by atoms with van der Waals surface area (Å²) in [5.74, 6) is 0.0999. The lowest BCUT2D eigenvalue weighted by atomic mass is 10.0. The number of aromatic nitrogens is 3. The van der Waals surface area contributed by atoms with Gasteiger partial charge in [-0.2, -0.15) is 5.10 Å². The SMILES string of the molecule is Cc1cc(-n2cncn2)ccc1C(=O)N1CC(C)NC(C)C1. The third-order valence-electron chi connectivity index (χ3n) is 3.97. The predicted molar refractivity (Wildman–Crippen MR) is 84.1 cm³/mol. The Bertz CT molecular complexity index is 657. The molecular weight excluding hydrogens is 278 g/mol. The van der Waals surface area contributed by atoms with Crippen molar-refractivity contribution >= 4 is 5.91 Å². The number of aryl methyl sites for hydroxylation is 1. The van der Waals surface area contributed by atoms with Crippen molar-refractivity contribution in [2.75, 3.05) is 13.1 Å². The average Bonchev–Trinajstić information content (AvgIpc) is 2.99. The zero-order valence-corrected chi connectivity index (χ0v) is 13.2. The second-order valence-electron chi connectivity index (χ2n) is 6.02. The van der Waals surface area contributed by atoms with E-state index in [1.165, 1.54) is 6.33 Å². The van der Waals surface area contributed by atoms with Crippen LogP contribution in [0.25, 0.3) is 5.69 Å². The van der Waals surface area contributed by atoms with Gasteiger partial charge in [-0.1, -0.05) is 0 Å². The smallest absolute Gasteiger partial charge is 0.254 e. The molecule has 0 spiro atoms. The van der Waals surface area contributed by atoms with E-state index >= 15 is 0 Å². The van der Waals surface area contributed by atoms with Crippen molar-refractivity contribution in [2.45, 2.75) is 32.9 Å². The molecular formula is C16H21N5O. The fraction of sp³-hybridized carbons (Fsp3) is 0.438. The maximum Gasteiger partial charge on any atom is 0.254 e. The molecule has 6 heteroatoms. The second kappa shape index (κ2) is 5.88. The van der Waals surface area contributed by atoms with Crippen molar-refractivity contribution in [3.63, 3.8) is 0 Å². The van der Waals surface area contributed by atoms with Crippen LogP contribution < -0.4 is 5.32 Å². The summed E-state index contributed by atoms with van der Waals surface area (Å²) in [7, 11) is 0. The lowest BCUT2D eigenvalue weighted by Crippen LogP contribution is -2.55. The third kappa shape index (κ3) is 2.87. The number of amides is 1. The minimum Gasteiger partial charge on any atom is -0.336 e. The molecule has 0 bridgehead atoms. The molecule has 1 saturated heterocycles. The highest BCUT2D eigenvalue weighted by Gasteiger charge is 2.26. The van der Waals surface area contributed by atoms with Crippen LogP contribution in [0.1, 0.15) is 29.8 Å². The molecule has 2 aromatic rings. The number of hydrogen-bond donors (Lipinski definition) is 1. The first-order valence-electron chi connectivity index (χ1n) is 7.55. The van der Waals surface area contributed by atoms with Gasteiger partial charge in [-0.25, -0.2) is 9.67 Å². The molecule has 1 fully saturated rings. The molecule has 2 heterocycles. The number of benzene rings is 1. The number of rotatable bonds is 2. The number of hydrogen-bond acceptors (Lipinski definition) is 4. The van der Waals surface area contributed by atoms with Crippen molar-refractivity contribution in [1.82, 2.24) is 25.0 Å². The van der Waals surface area contributed by atoms with E-state index in [0.717, 1.165) is 29.9 Å². The van der Waals surface area contributed by atoms with Crippen LogP contribution in [0.3, 0.4) is 0 Å². The Kier molecular flexibility index (Phi) is 3.94. The van der Waals surface area contributed by atoms with Crippen LogP contribution >= 0.6 is 0 Å². The Labute approximate surface area is 130 Å². The normalized spacial score (nSPS) is 21.9. The average molecular weight is 299 g/mol. The van der Waals surface area contributed by atoms with Gasteiger partial charge < -0.3 is 10.2 Å². The third-order valence-corrected chi connectivity index (χ3v) is 3.97. The van der Waals surface area contributed by atoms with Gasteiger partial charge in [0.1, 0.15) is 12.7 Å². The molecule has 1 aromatic heterocycles. The van der Waals surface area contributed by atoms with E-state index in [1.54, 1.807) is 11.0 Å². The van der Waals surface area contributed by atoms with Crippen molar-refractivity contribution < 1.29 is 4.79 Å². The van der Waals surface area contributed by atoms with Crippen LogP contribution in [0.2, 0.25) is 0 Å². The van der Waals surface area contributed by atoms with E-state index in [9.17, 15) is 4.79 Å². The van der Waals surface area contributed by atoms with Gasteiger partial charge in [-0.3, -0.25) is 4.79 Å². The van der Waals surface area contributed by atoms with Crippen molar-refractivity contribution in [2.24, 2.45) is 0 Å². The number of nitrogens with one attached hydrogen (secondary N) is 1. The van der Waals surface area contributed by atoms with E-state index in [4.69, 9.17) is 0 Å². The molecule has 116 valence electrons. The summed E-state index contributed by atoms with van der Waals surface area (Å²) in [6.45, 7) is 7.66. The summed E-state index contributed by atoms with van der Waals surface area (Å²) >= 11 is 0. The highest BCUT2D eigenvalue weighted by atomic mass is 16.2. The van der Waals surface area contributed by atoms with Crippen molar-refractivity contribution in [3.8, 4) is 5.69 Å². The number of carbonyl (C=O) groups excluding carboxylic acids is 1. The van der Waals surface area contributed by atoms with Gasteiger partial charge in [0.2, 0.25) is 0 Å². The molecule has 1 amide bonds. The molecule has 2 atom stereocenters. The topological polar surface area (TPSA) is 63.1 Å². The number of nitrogens with zero attached hydrogens (tertiary/aromatic N) is 4. The Morgan fingerprint density at radius 1 is 1.27 bits per heavy atom. The monoisotopic (exact) mass is 299 g/mol. The molecule has 2 unspecified atom stereocenters. The zero-order chi connectivity index (χ0) is 15.7. The molecule has 3 rings (SSSR count). The highest BCUT2D eigenvalue weighted by Crippen LogP contribution is 2.17. The van der Waals surface area contributed by atoms with Crippen LogP contribution in [0.4, 0.5) is 0 Å². The summed E-state index contributed by atoms with van der Waals surface area (Å²) in [6.07, 6.45) is 3.15. The molecule has 1 N–H and O–H groups in total. The summed E-state index contributed by atoms with van der Waals surface area (Å²) in [4.78, 5) is 18.7. The molecule has 0 aliphatic carbocycles. The molecule has 6 nitrogen and oxygen atoms in total. The van der Waals surface area contributed by atoms with Gasteiger partial charge >= 0.3 is 0 Å². The Balaban J connectivity index is 1.84. The Morgan fingerprint density at radius 3 is 2.59 bits per heavy atom. The fourth-order valence-electron chi connectivity index (χ4n) is 3.03. The van der Waals surface area contributed by atoms with Gasteiger partial charge in [-0.15, -0.1) is 0 Å². The van der Waals surface area contributed by atoms with Gasteiger partial charge in [0.25, 0.3) is 5.91 Å². The molecule has 1 aromatic carbocycles. The Morgan fingerprint density at radius 2 is 2.00 bits per heavy atom. The number of carbonyl (C=O) groups is 1. The van der Waals surface area contributed by atoms with Crippen LogP contribution in [0.5, 0.6) is 0 Å². The lowest BCUT2D eigenvalue weighted by Gasteiger charge is -2.36. The molecule has 1 aliphatic heterocycles. The van der Waals surface area contributed by atoms with Crippen molar-refractivity contribution in [1.29, 1.82) is 0 Å². The van der Waals surface area contributed by atoms with Gasteiger partial charge in [0.15, 0.2) is 0 Å². The first-order valence-corrected chi connectivity index (χ1v) is 7.55. The fourth-order valence-corrected chi connectivity index (χ4v) is 3.03. The van der Waals surface area contributed by atoms with E-state index in [-0.39, 0.29) is 5.91 Å². The Hall–Kier alpha value is -2.21. The summed E-state index contributed by atoms with van der Waals surface area (Å²) in [6, 6.07) is 6.40. The summed E-state index contributed by atoms with van der Waals surface area (Å²) < 4.78 is 1.69. The summed E-state index contributed by atoms with van der Waals surface area (Å²) in [5.41, 5.74) is 2.62. The number of piperazine rings is 1. The molecule has 0 radical (unpaired) electrons. The highest BCUT2D eigenvalue weighted by molar-refractivity contribution is 5.96. The predicted octanol–water partition coefficient (Wildman–Crippen LogP) is 1.40. The van der Waals surface area contributed by atoms with Gasteiger partial charge in [0, 0.05) is 30.7 Å². The minimum atomic E-state index is 0.0999. The van der Waals surface area contributed by atoms with Crippen LogP contribution in [-0.2, 0) is 0 Å². The van der Waals surface area contributed by atoms with Crippen LogP contribution in [0.15, 0.2) is 30.9 Å².